The number of hydrogen-bond acceptors (Lipinski definition) is 4. The van der Waals surface area contributed by atoms with Crippen molar-refractivity contribution in [2.45, 2.75) is 19.8 Å². The van der Waals surface area contributed by atoms with E-state index in [1.807, 2.05) is 7.05 Å². The fraction of sp³-hybridized carbons (Fsp3) is 0.417. The molecule has 0 saturated heterocycles. The van der Waals surface area contributed by atoms with E-state index in [9.17, 15) is 0 Å². The molecule has 0 fully saturated rings. The number of rotatable bonds is 4. The molecule has 16 heavy (non-hydrogen) atoms. The first kappa shape index (κ1) is 11.8. The maximum atomic E-state index is 4.72. The van der Waals surface area contributed by atoms with Crippen molar-refractivity contribution >= 4 is 22.7 Å². The van der Waals surface area contributed by atoms with E-state index < -0.39 is 0 Å². The summed E-state index contributed by atoms with van der Waals surface area (Å²) >= 11 is 3.53. The number of nitrogens with one attached hydrogen (secondary N) is 1. The molecular formula is C12H16N2S2. The Bertz CT molecular complexity index is 459. The van der Waals surface area contributed by atoms with Gasteiger partial charge in [-0.15, -0.1) is 22.7 Å². The van der Waals surface area contributed by atoms with Crippen LogP contribution in [0.5, 0.6) is 0 Å². The molecule has 0 aliphatic carbocycles. The third kappa shape index (κ3) is 2.34. The second kappa shape index (κ2) is 5.08. The lowest BCUT2D eigenvalue weighted by molar-refractivity contribution is 0.674. The zero-order chi connectivity index (χ0) is 11.5. The first-order valence-electron chi connectivity index (χ1n) is 5.37. The quantitative estimate of drug-likeness (QED) is 0.901. The van der Waals surface area contributed by atoms with Crippen LogP contribution in [0.3, 0.4) is 0 Å². The standard InChI is InChI=1S/C12H16N2S2/c1-8-4-5-15-11(8)10-7-16-12(14-10)9(2)6-13-3/h4-5,7,9,13H,6H2,1-3H3. The number of likely N-dealkylation sites (N-methyl/N-ethyl adjacent to an activating group) is 1. The maximum absolute atomic E-state index is 4.72. The highest BCUT2D eigenvalue weighted by Crippen LogP contribution is 2.31. The Morgan fingerprint density at radius 2 is 2.25 bits per heavy atom. The number of aromatic nitrogens is 1. The minimum Gasteiger partial charge on any atom is -0.319 e. The summed E-state index contributed by atoms with van der Waals surface area (Å²) in [5.74, 6) is 0.490. The van der Waals surface area contributed by atoms with Crippen molar-refractivity contribution < 1.29 is 0 Å². The summed E-state index contributed by atoms with van der Waals surface area (Å²) in [5, 5.41) is 8.70. The molecule has 2 aromatic rings. The van der Waals surface area contributed by atoms with Gasteiger partial charge in [0.25, 0.3) is 0 Å². The lowest BCUT2D eigenvalue weighted by Gasteiger charge is -2.05. The van der Waals surface area contributed by atoms with Crippen LogP contribution >= 0.6 is 22.7 Å². The van der Waals surface area contributed by atoms with Crippen molar-refractivity contribution in [3.8, 4) is 10.6 Å². The van der Waals surface area contributed by atoms with Crippen LogP contribution < -0.4 is 5.32 Å². The van der Waals surface area contributed by atoms with E-state index >= 15 is 0 Å². The van der Waals surface area contributed by atoms with Gasteiger partial charge in [-0.2, -0.15) is 0 Å². The van der Waals surface area contributed by atoms with Gasteiger partial charge in [0.15, 0.2) is 0 Å². The Kier molecular flexibility index (Phi) is 3.74. The summed E-state index contributed by atoms with van der Waals surface area (Å²) in [6.45, 7) is 5.33. The van der Waals surface area contributed by atoms with Crippen LogP contribution in [0.25, 0.3) is 10.6 Å². The van der Waals surface area contributed by atoms with Crippen LogP contribution in [0.1, 0.15) is 23.4 Å². The largest absolute Gasteiger partial charge is 0.319 e. The van der Waals surface area contributed by atoms with E-state index in [1.165, 1.54) is 15.4 Å². The highest BCUT2D eigenvalue weighted by atomic mass is 32.1. The van der Waals surface area contributed by atoms with Crippen molar-refractivity contribution in [2.24, 2.45) is 0 Å². The topological polar surface area (TPSA) is 24.9 Å². The molecule has 4 heteroatoms. The van der Waals surface area contributed by atoms with Gasteiger partial charge in [0.2, 0.25) is 0 Å². The first-order chi connectivity index (χ1) is 7.72. The van der Waals surface area contributed by atoms with Crippen molar-refractivity contribution in [3.63, 3.8) is 0 Å². The van der Waals surface area contributed by atoms with Gasteiger partial charge in [-0.05, 0) is 31.0 Å². The van der Waals surface area contributed by atoms with Crippen molar-refractivity contribution in [1.29, 1.82) is 0 Å². The van der Waals surface area contributed by atoms with Crippen LogP contribution in [0, 0.1) is 6.92 Å². The number of thiazole rings is 1. The van der Waals surface area contributed by atoms with Gasteiger partial charge in [0.1, 0.15) is 0 Å². The highest BCUT2D eigenvalue weighted by molar-refractivity contribution is 7.14. The molecule has 0 radical (unpaired) electrons. The van der Waals surface area contributed by atoms with Crippen molar-refractivity contribution in [1.82, 2.24) is 10.3 Å². The van der Waals surface area contributed by atoms with Gasteiger partial charge in [-0.3, -0.25) is 0 Å². The SMILES string of the molecule is CNCC(C)c1nc(-c2sccc2C)cs1. The smallest absolute Gasteiger partial charge is 0.0973 e. The molecule has 1 atom stereocenters. The molecular weight excluding hydrogens is 236 g/mol. The van der Waals surface area contributed by atoms with E-state index in [0.717, 1.165) is 12.2 Å². The van der Waals surface area contributed by atoms with Gasteiger partial charge < -0.3 is 5.32 Å². The highest BCUT2D eigenvalue weighted by Gasteiger charge is 2.12. The van der Waals surface area contributed by atoms with Gasteiger partial charge in [-0.25, -0.2) is 4.98 Å². The molecule has 1 unspecified atom stereocenters. The second-order valence-electron chi connectivity index (χ2n) is 3.96. The molecule has 2 aromatic heterocycles. The fourth-order valence-corrected chi connectivity index (χ4v) is 3.48. The van der Waals surface area contributed by atoms with Gasteiger partial charge >= 0.3 is 0 Å². The summed E-state index contributed by atoms with van der Waals surface area (Å²) in [6.07, 6.45) is 0. The summed E-state index contributed by atoms with van der Waals surface area (Å²) in [5.41, 5.74) is 2.46. The van der Waals surface area contributed by atoms with E-state index in [2.05, 4.69) is 36.0 Å². The molecule has 2 rings (SSSR count). The molecule has 0 aromatic carbocycles. The molecule has 0 saturated carbocycles. The summed E-state index contributed by atoms with van der Waals surface area (Å²) in [7, 11) is 1.98. The Balaban J connectivity index is 2.23. The van der Waals surface area contributed by atoms with Crippen molar-refractivity contribution in [3.05, 3.63) is 27.4 Å². The van der Waals surface area contributed by atoms with Crippen LogP contribution in [0.2, 0.25) is 0 Å². The van der Waals surface area contributed by atoms with Gasteiger partial charge in [0.05, 0.1) is 15.6 Å². The van der Waals surface area contributed by atoms with Crippen LogP contribution in [-0.2, 0) is 0 Å². The third-order valence-electron chi connectivity index (χ3n) is 2.55. The normalized spacial score (nSPS) is 12.9. The fourth-order valence-electron chi connectivity index (χ4n) is 1.65. The summed E-state index contributed by atoms with van der Waals surface area (Å²) in [4.78, 5) is 6.03. The Morgan fingerprint density at radius 3 is 2.88 bits per heavy atom. The maximum Gasteiger partial charge on any atom is 0.0973 e. The average molecular weight is 252 g/mol. The zero-order valence-corrected chi connectivity index (χ0v) is 11.4. The van der Waals surface area contributed by atoms with Crippen LogP contribution in [-0.4, -0.2) is 18.6 Å². The summed E-state index contributed by atoms with van der Waals surface area (Å²) in [6, 6.07) is 2.15. The van der Waals surface area contributed by atoms with Crippen LogP contribution in [0.4, 0.5) is 0 Å². The molecule has 0 bridgehead atoms. The molecule has 0 spiro atoms. The van der Waals surface area contributed by atoms with E-state index in [1.54, 1.807) is 22.7 Å². The molecule has 1 N–H and O–H groups in total. The Morgan fingerprint density at radius 1 is 1.44 bits per heavy atom. The van der Waals surface area contributed by atoms with E-state index in [-0.39, 0.29) is 0 Å². The molecule has 0 aliphatic rings. The third-order valence-corrected chi connectivity index (χ3v) is 4.66. The monoisotopic (exact) mass is 252 g/mol. The number of hydrogen-bond donors (Lipinski definition) is 1. The molecule has 2 nitrogen and oxygen atoms in total. The molecule has 0 amide bonds. The lowest BCUT2D eigenvalue weighted by Crippen LogP contribution is -2.14. The van der Waals surface area contributed by atoms with E-state index in [0.29, 0.717) is 5.92 Å². The second-order valence-corrected chi connectivity index (χ2v) is 5.77. The number of thiophene rings is 1. The van der Waals surface area contributed by atoms with Gasteiger partial charge in [0, 0.05) is 17.8 Å². The molecule has 0 aliphatic heterocycles. The Hall–Kier alpha value is -0.710. The predicted octanol–water partition coefficient (Wildman–Crippen LogP) is 3.50. The minimum absolute atomic E-state index is 0.490. The van der Waals surface area contributed by atoms with Gasteiger partial charge in [-0.1, -0.05) is 6.92 Å². The van der Waals surface area contributed by atoms with E-state index in [4.69, 9.17) is 4.98 Å². The zero-order valence-electron chi connectivity index (χ0n) is 9.78. The average Bonchev–Trinajstić information content (AvgIpc) is 2.86. The number of nitrogens with zero attached hydrogens (tertiary/aromatic N) is 1. The first-order valence-corrected chi connectivity index (χ1v) is 7.12. The van der Waals surface area contributed by atoms with Crippen molar-refractivity contribution in [2.75, 3.05) is 13.6 Å². The molecule has 86 valence electrons. The number of aryl methyl sites for hydroxylation is 1. The predicted molar refractivity (Wildman–Crippen MR) is 72.5 cm³/mol. The molecule has 2 heterocycles. The minimum atomic E-state index is 0.490. The Labute approximate surface area is 104 Å². The lowest BCUT2D eigenvalue weighted by atomic mass is 10.2. The summed E-state index contributed by atoms with van der Waals surface area (Å²) < 4.78 is 0. The van der Waals surface area contributed by atoms with Crippen LogP contribution in [0.15, 0.2) is 16.8 Å².